The van der Waals surface area contributed by atoms with E-state index in [9.17, 15) is 0 Å². The summed E-state index contributed by atoms with van der Waals surface area (Å²) in [6.45, 7) is 4.23. The van der Waals surface area contributed by atoms with Crippen molar-refractivity contribution in [1.82, 2.24) is 15.0 Å². The quantitative estimate of drug-likeness (QED) is 0.446. The third-order valence-electron chi connectivity index (χ3n) is 3.94. The fourth-order valence-corrected chi connectivity index (χ4v) is 3.40. The topological polar surface area (TPSA) is 69.3 Å². The van der Waals surface area contributed by atoms with Crippen molar-refractivity contribution in [3.05, 3.63) is 47.8 Å². The third-order valence-corrected chi connectivity index (χ3v) is 4.82. The Morgan fingerprint density at radius 1 is 1.23 bits per heavy atom. The minimum Gasteiger partial charge on any atom is -0.464 e. The van der Waals surface area contributed by atoms with Crippen molar-refractivity contribution >= 4 is 22.8 Å². The number of imidazole rings is 1. The normalized spacial score (nSPS) is 12.4. The highest BCUT2D eigenvalue weighted by atomic mass is 32.2. The summed E-state index contributed by atoms with van der Waals surface area (Å²) in [7, 11) is 1.60. The van der Waals surface area contributed by atoms with Crippen LogP contribution in [0.15, 0.2) is 41.7 Å². The average Bonchev–Trinajstić information content (AvgIpc) is 3.08. The zero-order valence-electron chi connectivity index (χ0n) is 15.2. The SMILES string of the molecule is CCC(OCOC)Oc1ccnc(CSc2nc3ccccc3[nH]2)c1C. The monoisotopic (exact) mass is 373 g/mol. The van der Waals surface area contributed by atoms with E-state index < -0.39 is 0 Å². The Morgan fingerprint density at radius 2 is 2.08 bits per heavy atom. The van der Waals surface area contributed by atoms with Crippen LogP contribution >= 0.6 is 11.8 Å². The minimum absolute atomic E-state index is 0.206. The van der Waals surface area contributed by atoms with Crippen LogP contribution in [0, 0.1) is 6.92 Å². The maximum absolute atomic E-state index is 5.96. The van der Waals surface area contributed by atoms with Crippen LogP contribution in [0.3, 0.4) is 0 Å². The molecule has 0 aliphatic heterocycles. The minimum atomic E-state index is -0.341. The van der Waals surface area contributed by atoms with Crippen LogP contribution < -0.4 is 4.74 Å². The van der Waals surface area contributed by atoms with Gasteiger partial charge in [-0.25, -0.2) is 4.98 Å². The number of methoxy groups -OCH3 is 1. The summed E-state index contributed by atoms with van der Waals surface area (Å²) >= 11 is 1.62. The number of hydrogen-bond donors (Lipinski definition) is 1. The highest BCUT2D eigenvalue weighted by Crippen LogP contribution is 2.27. The van der Waals surface area contributed by atoms with Gasteiger partial charge in [-0.3, -0.25) is 4.98 Å². The zero-order chi connectivity index (χ0) is 18.4. The second-order valence-electron chi connectivity index (χ2n) is 5.76. The molecule has 1 aromatic carbocycles. The van der Waals surface area contributed by atoms with Gasteiger partial charge in [0.1, 0.15) is 5.75 Å². The van der Waals surface area contributed by atoms with Crippen LogP contribution in [-0.2, 0) is 15.2 Å². The van der Waals surface area contributed by atoms with Crippen molar-refractivity contribution in [2.45, 2.75) is 37.5 Å². The fourth-order valence-electron chi connectivity index (χ4n) is 2.49. The molecule has 3 rings (SSSR count). The first kappa shape index (κ1) is 18.7. The molecule has 2 heterocycles. The molecular weight excluding hydrogens is 350 g/mol. The molecular formula is C19H23N3O3S. The van der Waals surface area contributed by atoms with Crippen molar-refractivity contribution in [1.29, 1.82) is 0 Å². The first-order valence-electron chi connectivity index (χ1n) is 8.50. The molecule has 138 valence electrons. The van der Waals surface area contributed by atoms with Gasteiger partial charge >= 0.3 is 0 Å². The summed E-state index contributed by atoms with van der Waals surface area (Å²) in [6, 6.07) is 9.87. The molecule has 2 aromatic heterocycles. The predicted molar refractivity (Wildman–Crippen MR) is 102 cm³/mol. The van der Waals surface area contributed by atoms with E-state index in [1.54, 1.807) is 25.1 Å². The lowest BCUT2D eigenvalue weighted by molar-refractivity contribution is -0.148. The molecule has 0 spiro atoms. The number of thioether (sulfide) groups is 1. The van der Waals surface area contributed by atoms with Crippen LogP contribution in [0.2, 0.25) is 0 Å². The zero-order valence-corrected chi connectivity index (χ0v) is 16.0. The Bertz CT molecular complexity index is 820. The lowest BCUT2D eigenvalue weighted by Crippen LogP contribution is -2.21. The van der Waals surface area contributed by atoms with Crippen molar-refractivity contribution in [2.75, 3.05) is 13.9 Å². The van der Waals surface area contributed by atoms with Gasteiger partial charge in [-0.2, -0.15) is 0 Å². The number of pyridine rings is 1. The molecule has 0 radical (unpaired) electrons. The van der Waals surface area contributed by atoms with Gasteiger partial charge < -0.3 is 19.2 Å². The number of aromatic nitrogens is 3. The maximum Gasteiger partial charge on any atom is 0.202 e. The van der Waals surface area contributed by atoms with E-state index in [0.717, 1.165) is 39.6 Å². The number of hydrogen-bond acceptors (Lipinski definition) is 6. The molecule has 0 aliphatic carbocycles. The van der Waals surface area contributed by atoms with Gasteiger partial charge in [0.25, 0.3) is 0 Å². The first-order valence-corrected chi connectivity index (χ1v) is 9.49. The highest BCUT2D eigenvalue weighted by Gasteiger charge is 2.13. The van der Waals surface area contributed by atoms with E-state index in [4.69, 9.17) is 14.2 Å². The summed E-state index contributed by atoms with van der Waals surface area (Å²) in [5.41, 5.74) is 3.99. The second-order valence-corrected chi connectivity index (χ2v) is 6.72. The number of nitrogens with zero attached hydrogens (tertiary/aromatic N) is 2. The third kappa shape index (κ3) is 4.55. The van der Waals surface area contributed by atoms with E-state index in [0.29, 0.717) is 5.75 Å². The summed E-state index contributed by atoms with van der Waals surface area (Å²) in [5, 5.41) is 0.883. The molecule has 1 N–H and O–H groups in total. The molecule has 3 aromatic rings. The molecule has 0 saturated heterocycles. The predicted octanol–water partition coefficient (Wildman–Crippen LogP) is 4.29. The van der Waals surface area contributed by atoms with Gasteiger partial charge in [0, 0.05) is 31.0 Å². The van der Waals surface area contributed by atoms with Crippen molar-refractivity contribution in [3.63, 3.8) is 0 Å². The summed E-state index contributed by atoms with van der Waals surface area (Å²) in [4.78, 5) is 12.4. The average molecular weight is 373 g/mol. The smallest absolute Gasteiger partial charge is 0.202 e. The molecule has 7 heteroatoms. The van der Waals surface area contributed by atoms with Crippen LogP contribution in [0.4, 0.5) is 0 Å². The highest BCUT2D eigenvalue weighted by molar-refractivity contribution is 7.98. The molecule has 0 aliphatic rings. The Morgan fingerprint density at radius 3 is 2.85 bits per heavy atom. The molecule has 1 atom stereocenters. The van der Waals surface area contributed by atoms with Gasteiger partial charge in [-0.15, -0.1) is 0 Å². The van der Waals surface area contributed by atoms with E-state index in [-0.39, 0.29) is 13.1 Å². The fraction of sp³-hybridized carbons (Fsp3) is 0.368. The van der Waals surface area contributed by atoms with Crippen LogP contribution in [0.25, 0.3) is 11.0 Å². The standard InChI is InChI=1S/C19H23N3O3S/c1-4-18(24-12-23-3)25-17-9-10-20-16(13(17)2)11-26-19-21-14-7-5-6-8-15(14)22-19/h5-10,18H,4,11-12H2,1-3H3,(H,21,22). The van der Waals surface area contributed by atoms with Crippen LogP contribution in [-0.4, -0.2) is 35.1 Å². The van der Waals surface area contributed by atoms with Crippen LogP contribution in [0.5, 0.6) is 5.75 Å². The van der Waals surface area contributed by atoms with E-state index in [2.05, 4.69) is 15.0 Å². The van der Waals surface area contributed by atoms with Crippen molar-refractivity contribution in [3.8, 4) is 5.75 Å². The largest absolute Gasteiger partial charge is 0.464 e. The van der Waals surface area contributed by atoms with Crippen molar-refractivity contribution < 1.29 is 14.2 Å². The van der Waals surface area contributed by atoms with Gasteiger partial charge in [0.15, 0.2) is 11.9 Å². The molecule has 0 saturated carbocycles. The molecule has 0 fully saturated rings. The molecule has 0 amide bonds. The molecule has 26 heavy (non-hydrogen) atoms. The number of nitrogens with one attached hydrogen (secondary N) is 1. The van der Waals surface area contributed by atoms with E-state index in [1.807, 2.05) is 44.2 Å². The number of ether oxygens (including phenoxy) is 3. The molecule has 6 nitrogen and oxygen atoms in total. The first-order chi connectivity index (χ1) is 12.7. The Labute approximate surface area is 157 Å². The Balaban J connectivity index is 1.68. The molecule has 0 bridgehead atoms. The number of rotatable bonds is 9. The van der Waals surface area contributed by atoms with E-state index >= 15 is 0 Å². The summed E-state index contributed by atoms with van der Waals surface area (Å²) < 4.78 is 16.4. The lowest BCUT2D eigenvalue weighted by atomic mass is 10.2. The maximum atomic E-state index is 5.96. The lowest BCUT2D eigenvalue weighted by Gasteiger charge is -2.19. The van der Waals surface area contributed by atoms with Crippen LogP contribution in [0.1, 0.15) is 24.6 Å². The number of benzene rings is 1. The number of para-hydroxylation sites is 2. The van der Waals surface area contributed by atoms with E-state index in [1.165, 1.54) is 0 Å². The number of aromatic amines is 1. The van der Waals surface area contributed by atoms with Crippen molar-refractivity contribution in [2.24, 2.45) is 0 Å². The summed E-state index contributed by atoms with van der Waals surface area (Å²) in [6.07, 6.45) is 2.15. The van der Waals surface area contributed by atoms with Gasteiger partial charge in [0.2, 0.25) is 6.29 Å². The van der Waals surface area contributed by atoms with Gasteiger partial charge in [0.05, 0.1) is 16.7 Å². The number of fused-ring (bicyclic) bond motifs is 1. The Hall–Kier alpha value is -2.09. The molecule has 1 unspecified atom stereocenters. The summed E-state index contributed by atoms with van der Waals surface area (Å²) in [5.74, 6) is 1.49. The second kappa shape index (κ2) is 9.02. The Kier molecular flexibility index (Phi) is 6.49. The number of H-pyrrole nitrogens is 1. The van der Waals surface area contributed by atoms with Gasteiger partial charge in [-0.05, 0) is 25.1 Å². The van der Waals surface area contributed by atoms with Gasteiger partial charge in [-0.1, -0.05) is 30.8 Å².